The Kier molecular flexibility index (Phi) is 4.05. The van der Waals surface area contributed by atoms with Gasteiger partial charge in [-0.25, -0.2) is 14.2 Å². The van der Waals surface area contributed by atoms with Gasteiger partial charge in [0.2, 0.25) is 0 Å². The molecule has 5 nitrogen and oxygen atoms in total. The molecular weight excluding hydrogens is 299 g/mol. The molecule has 0 radical (unpaired) electrons. The first-order valence-corrected chi connectivity index (χ1v) is 6.83. The fourth-order valence-corrected chi connectivity index (χ4v) is 2.10. The number of carbonyl (C=O) groups excluding carboxylic acids is 1. The predicted octanol–water partition coefficient (Wildman–Crippen LogP) is 4.01. The molecule has 0 unspecified atom stereocenters. The second-order valence-electron chi connectivity index (χ2n) is 4.70. The number of hydrogen-bond acceptors (Lipinski definition) is 5. The van der Waals surface area contributed by atoms with Crippen molar-refractivity contribution in [2.45, 2.75) is 0 Å². The summed E-state index contributed by atoms with van der Waals surface area (Å²) >= 11 is 0. The number of nitrogens with one attached hydrogen (secondary N) is 1. The maximum Gasteiger partial charge on any atom is 0.338 e. The van der Waals surface area contributed by atoms with Crippen LogP contribution in [0.1, 0.15) is 10.4 Å². The second kappa shape index (κ2) is 6.31. The number of halogens is 1. The highest BCUT2D eigenvalue weighted by molar-refractivity contribution is 5.96. The molecule has 1 heterocycles. The lowest BCUT2D eigenvalue weighted by Gasteiger charge is -2.04. The van der Waals surface area contributed by atoms with Gasteiger partial charge in [0.15, 0.2) is 5.76 Å². The van der Waals surface area contributed by atoms with E-state index in [2.05, 4.69) is 10.3 Å². The van der Waals surface area contributed by atoms with E-state index in [9.17, 15) is 9.18 Å². The summed E-state index contributed by atoms with van der Waals surface area (Å²) in [6.45, 7) is 0. The summed E-state index contributed by atoms with van der Waals surface area (Å²) in [6, 6.07) is 13.0. The van der Waals surface area contributed by atoms with Crippen LogP contribution in [-0.2, 0) is 4.74 Å². The number of ether oxygens (including phenoxy) is 1. The molecular formula is C17H13FN2O3. The largest absolute Gasteiger partial charge is 0.465 e. The first-order chi connectivity index (χ1) is 11.2. The highest BCUT2D eigenvalue weighted by Crippen LogP contribution is 2.27. The Morgan fingerprint density at radius 3 is 2.65 bits per heavy atom. The fraction of sp³-hybridized carbons (Fsp3) is 0.0588. The second-order valence-corrected chi connectivity index (χ2v) is 4.70. The van der Waals surface area contributed by atoms with Gasteiger partial charge in [0.25, 0.3) is 6.01 Å². The maximum absolute atomic E-state index is 12.9. The lowest BCUT2D eigenvalue weighted by molar-refractivity contribution is 0.0601. The summed E-state index contributed by atoms with van der Waals surface area (Å²) < 4.78 is 23.3. The summed E-state index contributed by atoms with van der Waals surface area (Å²) in [4.78, 5) is 15.9. The predicted molar refractivity (Wildman–Crippen MR) is 83.0 cm³/mol. The van der Waals surface area contributed by atoms with Gasteiger partial charge in [0, 0.05) is 11.3 Å². The molecule has 0 atom stereocenters. The smallest absolute Gasteiger partial charge is 0.338 e. The Labute approximate surface area is 131 Å². The number of anilines is 2. The molecule has 0 amide bonds. The third-order valence-corrected chi connectivity index (χ3v) is 3.20. The van der Waals surface area contributed by atoms with Crippen molar-refractivity contribution in [3.8, 4) is 11.3 Å². The number of carbonyl (C=O) groups is 1. The monoisotopic (exact) mass is 312 g/mol. The van der Waals surface area contributed by atoms with E-state index in [4.69, 9.17) is 9.15 Å². The van der Waals surface area contributed by atoms with Gasteiger partial charge >= 0.3 is 5.97 Å². The average molecular weight is 312 g/mol. The third-order valence-electron chi connectivity index (χ3n) is 3.20. The van der Waals surface area contributed by atoms with E-state index < -0.39 is 5.97 Å². The van der Waals surface area contributed by atoms with E-state index in [1.807, 2.05) is 0 Å². The molecule has 0 fully saturated rings. The van der Waals surface area contributed by atoms with Crippen molar-refractivity contribution in [1.82, 2.24) is 4.98 Å². The van der Waals surface area contributed by atoms with Gasteiger partial charge in [0.05, 0.1) is 18.9 Å². The fourth-order valence-electron chi connectivity index (χ4n) is 2.10. The zero-order valence-corrected chi connectivity index (χ0v) is 12.2. The molecule has 23 heavy (non-hydrogen) atoms. The minimum absolute atomic E-state index is 0.242. The highest BCUT2D eigenvalue weighted by Gasteiger charge is 2.16. The first kappa shape index (κ1) is 14.8. The standard InChI is InChI=1S/C17H13FN2O3/c1-22-16(21)14-5-3-2-4-13(14)15-10-19-17(23-15)20-12-8-6-11(18)7-9-12/h2-10H,1H3,(H,19,20). The lowest BCUT2D eigenvalue weighted by atomic mass is 10.1. The van der Waals surface area contributed by atoms with Crippen molar-refractivity contribution in [3.63, 3.8) is 0 Å². The highest BCUT2D eigenvalue weighted by atomic mass is 19.1. The topological polar surface area (TPSA) is 64.4 Å². The van der Waals surface area contributed by atoms with Crippen molar-refractivity contribution in [2.24, 2.45) is 0 Å². The van der Waals surface area contributed by atoms with Crippen LogP contribution in [0.3, 0.4) is 0 Å². The molecule has 1 N–H and O–H groups in total. The number of oxazole rings is 1. The number of hydrogen-bond donors (Lipinski definition) is 1. The van der Waals surface area contributed by atoms with Crippen molar-refractivity contribution < 1.29 is 18.3 Å². The molecule has 6 heteroatoms. The van der Waals surface area contributed by atoms with E-state index in [0.717, 1.165) is 0 Å². The SMILES string of the molecule is COC(=O)c1ccccc1-c1cnc(Nc2ccc(F)cc2)o1. The van der Waals surface area contributed by atoms with Crippen molar-refractivity contribution in [2.75, 3.05) is 12.4 Å². The third kappa shape index (κ3) is 3.21. The van der Waals surface area contributed by atoms with Crippen LogP contribution in [0.2, 0.25) is 0 Å². The summed E-state index contributed by atoms with van der Waals surface area (Å²) in [7, 11) is 1.32. The van der Waals surface area contributed by atoms with Crippen molar-refractivity contribution in [1.29, 1.82) is 0 Å². The van der Waals surface area contributed by atoms with Crippen LogP contribution in [0.15, 0.2) is 59.1 Å². The summed E-state index contributed by atoms with van der Waals surface area (Å²) in [6.07, 6.45) is 1.51. The van der Waals surface area contributed by atoms with Gasteiger partial charge in [-0.2, -0.15) is 0 Å². The number of rotatable bonds is 4. The molecule has 1 aromatic heterocycles. The average Bonchev–Trinajstić information content (AvgIpc) is 3.04. The Balaban J connectivity index is 1.88. The lowest BCUT2D eigenvalue weighted by Crippen LogP contribution is -2.02. The Morgan fingerprint density at radius 1 is 1.17 bits per heavy atom. The van der Waals surface area contributed by atoms with Gasteiger partial charge in [-0.05, 0) is 30.3 Å². The van der Waals surface area contributed by atoms with Crippen LogP contribution in [0.25, 0.3) is 11.3 Å². The number of benzene rings is 2. The molecule has 0 saturated carbocycles. The number of nitrogens with zero attached hydrogens (tertiary/aromatic N) is 1. The Morgan fingerprint density at radius 2 is 1.91 bits per heavy atom. The molecule has 0 spiro atoms. The Bertz CT molecular complexity index is 828. The zero-order valence-electron chi connectivity index (χ0n) is 12.2. The molecule has 3 aromatic rings. The van der Waals surface area contributed by atoms with Crippen LogP contribution >= 0.6 is 0 Å². The normalized spacial score (nSPS) is 10.3. The molecule has 2 aromatic carbocycles. The van der Waals surface area contributed by atoms with Crippen LogP contribution in [0.5, 0.6) is 0 Å². The van der Waals surface area contributed by atoms with Crippen LogP contribution in [0, 0.1) is 5.82 Å². The van der Waals surface area contributed by atoms with Gasteiger partial charge in [0.1, 0.15) is 5.82 Å². The number of methoxy groups -OCH3 is 1. The van der Waals surface area contributed by atoms with Crippen LogP contribution in [-0.4, -0.2) is 18.1 Å². The van der Waals surface area contributed by atoms with Crippen molar-refractivity contribution in [3.05, 3.63) is 66.1 Å². The number of aromatic nitrogens is 1. The molecule has 0 saturated heterocycles. The number of esters is 1. The zero-order chi connectivity index (χ0) is 16.2. The van der Waals surface area contributed by atoms with Gasteiger partial charge in [-0.15, -0.1) is 0 Å². The molecule has 116 valence electrons. The summed E-state index contributed by atoms with van der Waals surface area (Å²) in [5, 5.41) is 2.92. The maximum atomic E-state index is 12.9. The first-order valence-electron chi connectivity index (χ1n) is 6.83. The van der Waals surface area contributed by atoms with E-state index in [1.165, 1.54) is 25.4 Å². The Hall–Kier alpha value is -3.15. The quantitative estimate of drug-likeness (QED) is 0.737. The molecule has 0 aliphatic rings. The molecule has 0 bridgehead atoms. The van der Waals surface area contributed by atoms with Gasteiger partial charge in [-0.1, -0.05) is 18.2 Å². The molecule has 0 aliphatic carbocycles. The van der Waals surface area contributed by atoms with E-state index in [0.29, 0.717) is 22.6 Å². The van der Waals surface area contributed by atoms with Crippen molar-refractivity contribution >= 4 is 17.7 Å². The van der Waals surface area contributed by atoms with Gasteiger partial charge < -0.3 is 14.5 Å². The molecule has 0 aliphatic heterocycles. The minimum Gasteiger partial charge on any atom is -0.465 e. The minimum atomic E-state index is -0.454. The van der Waals surface area contributed by atoms with E-state index >= 15 is 0 Å². The van der Waals surface area contributed by atoms with E-state index in [-0.39, 0.29) is 11.8 Å². The van der Waals surface area contributed by atoms with E-state index in [1.54, 1.807) is 36.4 Å². The van der Waals surface area contributed by atoms with Gasteiger partial charge in [-0.3, -0.25) is 0 Å². The van der Waals surface area contributed by atoms with Crippen LogP contribution in [0.4, 0.5) is 16.1 Å². The summed E-state index contributed by atoms with van der Waals surface area (Å²) in [5.41, 5.74) is 1.61. The summed E-state index contributed by atoms with van der Waals surface area (Å²) in [5.74, 6) is -0.351. The van der Waals surface area contributed by atoms with Crippen LogP contribution < -0.4 is 5.32 Å². The molecule has 3 rings (SSSR count).